The third-order valence-corrected chi connectivity index (χ3v) is 3.27. The molecule has 0 bridgehead atoms. The molecule has 0 heterocycles. The highest BCUT2D eigenvalue weighted by Crippen LogP contribution is 2.10. The summed E-state index contributed by atoms with van der Waals surface area (Å²) < 4.78 is 0.934. The van der Waals surface area contributed by atoms with Crippen LogP contribution in [-0.4, -0.2) is 20.2 Å². The maximum atomic E-state index is 11.6. The van der Waals surface area contributed by atoms with Gasteiger partial charge in [0.05, 0.1) is 6.21 Å². The van der Waals surface area contributed by atoms with Crippen molar-refractivity contribution in [1.29, 1.82) is 0 Å². The van der Waals surface area contributed by atoms with Crippen LogP contribution in [0.3, 0.4) is 0 Å². The van der Waals surface area contributed by atoms with E-state index in [0.29, 0.717) is 5.56 Å². The van der Waals surface area contributed by atoms with E-state index < -0.39 is 8.07 Å². The number of benzene rings is 1. The van der Waals surface area contributed by atoms with Crippen LogP contribution >= 0.6 is 15.9 Å². The number of amides is 1. The van der Waals surface area contributed by atoms with Crippen molar-refractivity contribution in [2.45, 2.75) is 19.6 Å². The van der Waals surface area contributed by atoms with Crippen LogP contribution in [0.2, 0.25) is 19.6 Å². The summed E-state index contributed by atoms with van der Waals surface area (Å²) in [6.45, 7) is 6.44. The van der Waals surface area contributed by atoms with Crippen LogP contribution in [0.15, 0.2) is 33.8 Å². The molecular formula is C13H15BrN2OSi. The zero-order chi connectivity index (χ0) is 13.6. The van der Waals surface area contributed by atoms with Gasteiger partial charge in [0.2, 0.25) is 0 Å². The second-order valence-corrected chi connectivity index (χ2v) is 10.4. The summed E-state index contributed by atoms with van der Waals surface area (Å²) in [4.78, 5) is 11.6. The van der Waals surface area contributed by atoms with Crippen LogP contribution < -0.4 is 5.43 Å². The highest BCUT2D eigenvalue weighted by atomic mass is 79.9. The SMILES string of the molecule is C[Si](C)(C)C#C/C=N/NC(=O)c1ccc(Br)cc1. The fourth-order valence-electron chi connectivity index (χ4n) is 1.04. The molecule has 0 unspecified atom stereocenters. The molecule has 94 valence electrons. The summed E-state index contributed by atoms with van der Waals surface area (Å²) in [5.41, 5.74) is 6.12. The highest BCUT2D eigenvalue weighted by molar-refractivity contribution is 9.10. The molecule has 0 aliphatic heterocycles. The molecule has 1 amide bonds. The average molecular weight is 323 g/mol. The molecule has 0 spiro atoms. The highest BCUT2D eigenvalue weighted by Gasteiger charge is 2.06. The number of nitrogens with one attached hydrogen (secondary N) is 1. The second-order valence-electron chi connectivity index (χ2n) is 4.73. The molecule has 1 aromatic rings. The van der Waals surface area contributed by atoms with Gasteiger partial charge in [0.15, 0.2) is 0 Å². The van der Waals surface area contributed by atoms with Crippen molar-refractivity contribution in [3.8, 4) is 11.5 Å². The fraction of sp³-hybridized carbons (Fsp3) is 0.231. The Morgan fingerprint density at radius 3 is 2.50 bits per heavy atom. The summed E-state index contributed by atoms with van der Waals surface area (Å²) in [6, 6.07) is 7.07. The Kier molecular flexibility index (Phi) is 5.32. The van der Waals surface area contributed by atoms with E-state index in [0.717, 1.165) is 4.47 Å². The minimum Gasteiger partial charge on any atom is -0.267 e. The zero-order valence-corrected chi connectivity index (χ0v) is 13.2. The first kappa shape index (κ1) is 14.7. The molecule has 0 saturated carbocycles. The van der Waals surface area contributed by atoms with Crippen LogP contribution in [0, 0.1) is 11.5 Å². The lowest BCUT2D eigenvalue weighted by Gasteiger charge is -2.02. The molecule has 18 heavy (non-hydrogen) atoms. The van der Waals surface area contributed by atoms with Gasteiger partial charge in [-0.1, -0.05) is 41.5 Å². The van der Waals surface area contributed by atoms with Crippen molar-refractivity contribution < 1.29 is 4.79 Å². The Morgan fingerprint density at radius 2 is 1.94 bits per heavy atom. The van der Waals surface area contributed by atoms with Crippen LogP contribution in [0.1, 0.15) is 10.4 Å². The van der Waals surface area contributed by atoms with Crippen molar-refractivity contribution >= 4 is 36.1 Å². The predicted molar refractivity (Wildman–Crippen MR) is 81.2 cm³/mol. The number of hydrazone groups is 1. The van der Waals surface area contributed by atoms with Gasteiger partial charge in [0.25, 0.3) is 5.91 Å². The van der Waals surface area contributed by atoms with E-state index in [2.05, 4.69) is 57.6 Å². The molecule has 0 aliphatic rings. The number of nitrogens with zero attached hydrogens (tertiary/aromatic N) is 1. The Bertz CT molecular complexity index is 507. The van der Waals surface area contributed by atoms with Gasteiger partial charge < -0.3 is 0 Å². The Hall–Kier alpha value is -1.38. The van der Waals surface area contributed by atoms with Crippen LogP contribution in [-0.2, 0) is 0 Å². The standard InChI is InChI=1S/C13H15BrN2OSi/c1-18(2,3)10-4-9-15-16-13(17)11-5-7-12(14)8-6-11/h5-9H,1-3H3,(H,16,17)/b15-9+. The van der Waals surface area contributed by atoms with Gasteiger partial charge in [-0.3, -0.25) is 4.79 Å². The molecule has 0 radical (unpaired) electrons. The van der Waals surface area contributed by atoms with E-state index >= 15 is 0 Å². The molecule has 1 rings (SSSR count). The van der Waals surface area contributed by atoms with Gasteiger partial charge in [0.1, 0.15) is 8.07 Å². The summed E-state index contributed by atoms with van der Waals surface area (Å²) in [5.74, 6) is 2.60. The van der Waals surface area contributed by atoms with E-state index in [1.165, 1.54) is 6.21 Å². The monoisotopic (exact) mass is 322 g/mol. The molecule has 0 atom stereocenters. The number of carbonyl (C=O) groups excluding carboxylic acids is 1. The molecule has 0 aliphatic carbocycles. The first-order valence-corrected chi connectivity index (χ1v) is 9.78. The Labute approximate surface area is 117 Å². The van der Waals surface area contributed by atoms with Gasteiger partial charge in [-0.25, -0.2) is 5.43 Å². The van der Waals surface area contributed by atoms with Crippen molar-refractivity contribution in [1.82, 2.24) is 5.43 Å². The van der Waals surface area contributed by atoms with E-state index in [-0.39, 0.29) is 5.91 Å². The fourth-order valence-corrected chi connectivity index (χ4v) is 1.80. The second kappa shape index (κ2) is 6.52. The summed E-state index contributed by atoms with van der Waals surface area (Å²) in [5, 5.41) is 3.79. The molecule has 3 nitrogen and oxygen atoms in total. The minimum atomic E-state index is -1.37. The molecule has 1 aromatic carbocycles. The van der Waals surface area contributed by atoms with E-state index in [4.69, 9.17) is 0 Å². The largest absolute Gasteiger partial charge is 0.271 e. The maximum absolute atomic E-state index is 11.6. The lowest BCUT2D eigenvalue weighted by molar-refractivity contribution is 0.0955. The van der Waals surface area contributed by atoms with Crippen molar-refractivity contribution in [3.63, 3.8) is 0 Å². The molecule has 0 saturated heterocycles. The van der Waals surface area contributed by atoms with E-state index in [1.807, 2.05) is 12.1 Å². The smallest absolute Gasteiger partial charge is 0.267 e. The minimum absolute atomic E-state index is 0.242. The number of rotatable bonds is 2. The third-order valence-electron chi connectivity index (χ3n) is 1.85. The molecule has 1 N–H and O–H groups in total. The Balaban J connectivity index is 2.53. The Morgan fingerprint density at radius 1 is 1.33 bits per heavy atom. The average Bonchev–Trinajstić information content (AvgIpc) is 2.27. The first-order chi connectivity index (χ1) is 8.38. The van der Waals surface area contributed by atoms with Crippen molar-refractivity contribution in [2.24, 2.45) is 5.10 Å². The molecule has 0 fully saturated rings. The molecule has 0 aromatic heterocycles. The number of halogens is 1. The molecule has 5 heteroatoms. The van der Waals surface area contributed by atoms with Crippen LogP contribution in [0.4, 0.5) is 0 Å². The summed E-state index contributed by atoms with van der Waals surface area (Å²) in [6.07, 6.45) is 1.43. The predicted octanol–water partition coefficient (Wildman–Crippen LogP) is 3.05. The normalized spacial score (nSPS) is 10.9. The van der Waals surface area contributed by atoms with Gasteiger partial charge in [0, 0.05) is 10.0 Å². The summed E-state index contributed by atoms with van der Waals surface area (Å²) in [7, 11) is -1.37. The maximum Gasteiger partial charge on any atom is 0.271 e. The van der Waals surface area contributed by atoms with Crippen LogP contribution in [0.25, 0.3) is 0 Å². The number of hydrogen-bond donors (Lipinski definition) is 1. The van der Waals surface area contributed by atoms with Gasteiger partial charge >= 0.3 is 0 Å². The first-order valence-electron chi connectivity index (χ1n) is 5.48. The number of carbonyl (C=O) groups is 1. The number of hydrogen-bond acceptors (Lipinski definition) is 2. The lowest BCUT2D eigenvalue weighted by atomic mass is 10.2. The van der Waals surface area contributed by atoms with Gasteiger partial charge in [-0.05, 0) is 24.3 Å². The van der Waals surface area contributed by atoms with Crippen LogP contribution in [0.5, 0.6) is 0 Å². The quantitative estimate of drug-likeness (QED) is 0.386. The van der Waals surface area contributed by atoms with Gasteiger partial charge in [-0.15, -0.1) is 5.54 Å². The zero-order valence-electron chi connectivity index (χ0n) is 10.6. The topological polar surface area (TPSA) is 41.5 Å². The van der Waals surface area contributed by atoms with Crippen molar-refractivity contribution in [2.75, 3.05) is 0 Å². The molecular weight excluding hydrogens is 308 g/mol. The van der Waals surface area contributed by atoms with E-state index in [1.54, 1.807) is 12.1 Å². The van der Waals surface area contributed by atoms with Gasteiger partial charge in [-0.2, -0.15) is 5.10 Å². The van der Waals surface area contributed by atoms with Crippen molar-refractivity contribution in [3.05, 3.63) is 34.3 Å². The van der Waals surface area contributed by atoms with E-state index in [9.17, 15) is 4.79 Å². The third kappa shape index (κ3) is 5.80. The summed E-state index contributed by atoms with van der Waals surface area (Å²) >= 11 is 3.31. The lowest BCUT2D eigenvalue weighted by Crippen LogP contribution is -2.18.